The van der Waals surface area contributed by atoms with Crippen LogP contribution in [0.5, 0.6) is 0 Å². The molecule has 0 spiro atoms. The first-order valence-corrected chi connectivity index (χ1v) is 13.7. The minimum atomic E-state index is -0.314. The summed E-state index contributed by atoms with van der Waals surface area (Å²) in [6, 6.07) is 15.5. The van der Waals surface area contributed by atoms with Crippen LogP contribution >= 0.6 is 11.3 Å². The molecule has 0 bridgehead atoms. The summed E-state index contributed by atoms with van der Waals surface area (Å²) >= 11 is 1.56. The maximum absolute atomic E-state index is 13.1. The summed E-state index contributed by atoms with van der Waals surface area (Å²) in [6.07, 6.45) is 5.68. The molecule has 2 aliphatic carbocycles. The molecule has 184 valence electrons. The van der Waals surface area contributed by atoms with Crippen LogP contribution in [-0.4, -0.2) is 36.0 Å². The van der Waals surface area contributed by atoms with Gasteiger partial charge in [-0.3, -0.25) is 9.69 Å². The van der Waals surface area contributed by atoms with E-state index in [1.165, 1.54) is 34.1 Å². The number of ether oxygens (including phenoxy) is 1. The Morgan fingerprint density at radius 2 is 1.91 bits per heavy atom. The molecule has 2 aliphatic rings. The average molecular weight is 491 g/mol. The molecule has 3 aromatic rings. The van der Waals surface area contributed by atoms with Crippen molar-refractivity contribution in [2.75, 3.05) is 18.5 Å². The standard InChI is InChI=1S/C29H34N2O3S/c1-3-34-29(33)27-24-14-11-19(2)17-25(24)35-28(27)30-26(32)15-16-31(22-12-13-22)18-21-9-6-8-20-7-4-5-10-23(20)21/h4-10,19,22H,3,11-18H2,1-2H3,(H,30,32). The predicted molar refractivity (Wildman–Crippen MR) is 142 cm³/mol. The van der Waals surface area contributed by atoms with Crippen LogP contribution in [0.4, 0.5) is 5.00 Å². The summed E-state index contributed by atoms with van der Waals surface area (Å²) in [5.74, 6) is 0.247. The molecule has 1 amide bonds. The van der Waals surface area contributed by atoms with Gasteiger partial charge in [-0.05, 0) is 66.8 Å². The van der Waals surface area contributed by atoms with Crippen LogP contribution in [0.2, 0.25) is 0 Å². The van der Waals surface area contributed by atoms with Crippen LogP contribution < -0.4 is 5.32 Å². The summed E-state index contributed by atoms with van der Waals surface area (Å²) in [5, 5.41) is 6.28. The molecule has 0 radical (unpaired) electrons. The van der Waals surface area contributed by atoms with Crippen molar-refractivity contribution in [1.29, 1.82) is 0 Å². The predicted octanol–water partition coefficient (Wildman–Crippen LogP) is 6.20. The Morgan fingerprint density at radius 3 is 2.71 bits per heavy atom. The monoisotopic (exact) mass is 490 g/mol. The highest BCUT2D eigenvalue weighted by molar-refractivity contribution is 7.17. The van der Waals surface area contributed by atoms with Gasteiger partial charge in [0.15, 0.2) is 0 Å². The number of fused-ring (bicyclic) bond motifs is 2. The molecule has 35 heavy (non-hydrogen) atoms. The normalized spacial score (nSPS) is 17.4. The first kappa shape index (κ1) is 24.0. The third-order valence-corrected chi connectivity index (χ3v) is 8.36. The second-order valence-electron chi connectivity index (χ2n) is 9.91. The zero-order valence-electron chi connectivity index (χ0n) is 20.6. The Kier molecular flexibility index (Phi) is 7.21. The fourth-order valence-electron chi connectivity index (χ4n) is 5.17. The van der Waals surface area contributed by atoms with E-state index in [1.807, 2.05) is 6.92 Å². The first-order valence-electron chi connectivity index (χ1n) is 12.9. The Hall–Kier alpha value is -2.70. The number of carbonyl (C=O) groups excluding carboxylic acids is 2. The smallest absolute Gasteiger partial charge is 0.341 e. The van der Waals surface area contributed by atoms with Crippen LogP contribution in [0, 0.1) is 5.92 Å². The molecule has 1 heterocycles. The van der Waals surface area contributed by atoms with Crippen LogP contribution in [0.1, 0.15) is 65.9 Å². The number of benzene rings is 2. The molecule has 2 aromatic carbocycles. The van der Waals surface area contributed by atoms with Gasteiger partial charge in [-0.1, -0.05) is 49.4 Å². The molecular formula is C29H34N2O3S. The number of rotatable bonds is 9. The quantitative estimate of drug-likeness (QED) is 0.363. The van der Waals surface area contributed by atoms with Gasteiger partial charge in [-0.25, -0.2) is 4.79 Å². The second-order valence-corrected chi connectivity index (χ2v) is 11.0. The lowest BCUT2D eigenvalue weighted by atomic mass is 9.88. The molecule has 1 N–H and O–H groups in total. The number of nitrogens with zero attached hydrogens (tertiary/aromatic N) is 1. The lowest BCUT2D eigenvalue weighted by Gasteiger charge is -2.22. The average Bonchev–Trinajstić information content (AvgIpc) is 3.63. The van der Waals surface area contributed by atoms with E-state index in [0.717, 1.165) is 31.4 Å². The Balaban J connectivity index is 1.28. The van der Waals surface area contributed by atoms with Gasteiger partial charge in [0.05, 0.1) is 12.2 Å². The molecular weight excluding hydrogens is 456 g/mol. The van der Waals surface area contributed by atoms with Gasteiger partial charge in [-0.2, -0.15) is 0 Å². The molecule has 0 aliphatic heterocycles. The van der Waals surface area contributed by atoms with Gasteiger partial charge in [0.25, 0.3) is 0 Å². The number of esters is 1. The topological polar surface area (TPSA) is 58.6 Å². The van der Waals surface area contributed by atoms with E-state index in [4.69, 9.17) is 4.74 Å². The fraction of sp³-hybridized carbons (Fsp3) is 0.448. The molecule has 1 aromatic heterocycles. The second kappa shape index (κ2) is 10.5. The molecule has 1 saturated carbocycles. The van der Waals surface area contributed by atoms with Crippen molar-refractivity contribution in [3.05, 3.63) is 64.0 Å². The number of nitrogens with one attached hydrogen (secondary N) is 1. The molecule has 1 unspecified atom stereocenters. The largest absolute Gasteiger partial charge is 0.462 e. The zero-order valence-corrected chi connectivity index (χ0v) is 21.5. The Labute approximate surface area is 211 Å². The van der Waals surface area contributed by atoms with Gasteiger partial charge in [0, 0.05) is 30.4 Å². The minimum Gasteiger partial charge on any atom is -0.462 e. The minimum absolute atomic E-state index is 0.0363. The number of hydrogen-bond acceptors (Lipinski definition) is 5. The SMILES string of the molecule is CCOC(=O)c1c(NC(=O)CCN(Cc2cccc3ccccc23)C2CC2)sc2c1CCC(C)C2. The number of anilines is 1. The van der Waals surface area contributed by atoms with Gasteiger partial charge >= 0.3 is 5.97 Å². The maximum atomic E-state index is 13.1. The highest BCUT2D eigenvalue weighted by Crippen LogP contribution is 2.40. The van der Waals surface area contributed by atoms with E-state index in [1.54, 1.807) is 11.3 Å². The van der Waals surface area contributed by atoms with E-state index in [2.05, 4.69) is 59.6 Å². The summed E-state index contributed by atoms with van der Waals surface area (Å²) < 4.78 is 5.35. The summed E-state index contributed by atoms with van der Waals surface area (Å²) in [4.78, 5) is 29.5. The van der Waals surface area contributed by atoms with Gasteiger partial charge in [0.1, 0.15) is 5.00 Å². The summed E-state index contributed by atoms with van der Waals surface area (Å²) in [5.41, 5.74) is 2.97. The van der Waals surface area contributed by atoms with E-state index < -0.39 is 0 Å². The lowest BCUT2D eigenvalue weighted by Crippen LogP contribution is -2.29. The van der Waals surface area contributed by atoms with Crippen LogP contribution in [-0.2, 0) is 28.9 Å². The molecule has 1 atom stereocenters. The molecule has 0 saturated heterocycles. The molecule has 6 heteroatoms. The van der Waals surface area contributed by atoms with Crippen LogP contribution in [0.15, 0.2) is 42.5 Å². The van der Waals surface area contributed by atoms with Crippen molar-refractivity contribution in [3.63, 3.8) is 0 Å². The van der Waals surface area contributed by atoms with Crippen molar-refractivity contribution >= 4 is 39.0 Å². The third kappa shape index (κ3) is 5.44. The van der Waals surface area contributed by atoms with E-state index >= 15 is 0 Å². The molecule has 1 fully saturated rings. The number of amides is 1. The van der Waals surface area contributed by atoms with Crippen molar-refractivity contribution in [2.24, 2.45) is 5.92 Å². The van der Waals surface area contributed by atoms with Crippen molar-refractivity contribution in [1.82, 2.24) is 4.90 Å². The summed E-state index contributed by atoms with van der Waals surface area (Å²) in [6.45, 7) is 5.94. The number of thiophene rings is 1. The number of hydrogen-bond donors (Lipinski definition) is 1. The summed E-state index contributed by atoms with van der Waals surface area (Å²) in [7, 11) is 0. The van der Waals surface area contributed by atoms with E-state index in [0.29, 0.717) is 42.1 Å². The van der Waals surface area contributed by atoms with E-state index in [-0.39, 0.29) is 11.9 Å². The highest BCUT2D eigenvalue weighted by atomic mass is 32.1. The van der Waals surface area contributed by atoms with Gasteiger partial charge in [0.2, 0.25) is 5.91 Å². The number of carbonyl (C=O) groups is 2. The van der Waals surface area contributed by atoms with Crippen molar-refractivity contribution in [3.8, 4) is 0 Å². The van der Waals surface area contributed by atoms with Crippen molar-refractivity contribution in [2.45, 2.75) is 65.0 Å². The third-order valence-electron chi connectivity index (χ3n) is 7.19. The van der Waals surface area contributed by atoms with Gasteiger partial charge in [-0.15, -0.1) is 11.3 Å². The zero-order chi connectivity index (χ0) is 24.4. The lowest BCUT2D eigenvalue weighted by molar-refractivity contribution is -0.116. The highest BCUT2D eigenvalue weighted by Gasteiger charge is 2.31. The maximum Gasteiger partial charge on any atom is 0.341 e. The van der Waals surface area contributed by atoms with Crippen LogP contribution in [0.25, 0.3) is 10.8 Å². The Bertz CT molecular complexity index is 1220. The van der Waals surface area contributed by atoms with Crippen molar-refractivity contribution < 1.29 is 14.3 Å². The Morgan fingerprint density at radius 1 is 1.11 bits per heavy atom. The van der Waals surface area contributed by atoms with E-state index in [9.17, 15) is 9.59 Å². The van der Waals surface area contributed by atoms with Gasteiger partial charge < -0.3 is 10.1 Å². The molecule has 5 rings (SSSR count). The fourth-order valence-corrected chi connectivity index (χ4v) is 6.59. The van der Waals surface area contributed by atoms with Crippen LogP contribution in [0.3, 0.4) is 0 Å². The molecule has 5 nitrogen and oxygen atoms in total. The first-order chi connectivity index (χ1) is 17.0.